The minimum absolute atomic E-state index is 0. The number of likely N-dealkylation sites (tertiary alicyclic amines) is 1. The summed E-state index contributed by atoms with van der Waals surface area (Å²) in [5.41, 5.74) is 0.407. The number of carbonyl (C=O) groups is 1. The molecule has 0 saturated carbocycles. The van der Waals surface area contributed by atoms with Gasteiger partial charge in [-0.2, -0.15) is 0 Å². The fourth-order valence-corrected chi connectivity index (χ4v) is 2.07. The van der Waals surface area contributed by atoms with Crippen LogP contribution in [-0.2, 0) is 4.74 Å². The van der Waals surface area contributed by atoms with Crippen molar-refractivity contribution in [3.05, 3.63) is 24.0 Å². The largest absolute Gasteiger partial charge is 0.476 e. The van der Waals surface area contributed by atoms with Crippen LogP contribution in [0, 0.1) is 0 Å². The summed E-state index contributed by atoms with van der Waals surface area (Å²) in [6.45, 7) is 3.79. The number of ether oxygens (including phenoxy) is 2. The Balaban J connectivity index is 0.00000180. The van der Waals surface area contributed by atoms with Gasteiger partial charge < -0.3 is 9.47 Å². The summed E-state index contributed by atoms with van der Waals surface area (Å²) in [6, 6.07) is 2.21. The second-order valence-electron chi connectivity index (χ2n) is 4.48. The minimum atomic E-state index is -0.400. The Labute approximate surface area is 131 Å². The lowest BCUT2D eigenvalue weighted by molar-refractivity contribution is 0.0599. The SMILES string of the molecule is COC(=O)c1cncc(OCN2CCC[C@@H]2C)c1.Cl.Cl. The molecule has 114 valence electrons. The second kappa shape index (κ2) is 9.00. The Bertz CT molecular complexity index is 432. The number of hydrogen-bond acceptors (Lipinski definition) is 5. The lowest BCUT2D eigenvalue weighted by Crippen LogP contribution is -2.30. The summed E-state index contributed by atoms with van der Waals surface area (Å²) < 4.78 is 10.3. The molecule has 1 aromatic rings. The van der Waals surface area contributed by atoms with E-state index >= 15 is 0 Å². The molecule has 1 aromatic heterocycles. The average molecular weight is 323 g/mol. The van der Waals surface area contributed by atoms with E-state index < -0.39 is 5.97 Å². The Morgan fingerprint density at radius 1 is 1.45 bits per heavy atom. The molecular formula is C13H20Cl2N2O3. The van der Waals surface area contributed by atoms with E-state index in [0.717, 1.165) is 6.54 Å². The van der Waals surface area contributed by atoms with Gasteiger partial charge in [-0.25, -0.2) is 4.79 Å². The zero-order valence-corrected chi connectivity index (χ0v) is 13.2. The van der Waals surface area contributed by atoms with Crippen molar-refractivity contribution in [3.8, 4) is 5.75 Å². The molecule has 5 nitrogen and oxygen atoms in total. The van der Waals surface area contributed by atoms with Crippen molar-refractivity contribution >= 4 is 30.8 Å². The monoisotopic (exact) mass is 322 g/mol. The van der Waals surface area contributed by atoms with Crippen molar-refractivity contribution in [1.82, 2.24) is 9.88 Å². The number of halogens is 2. The number of aromatic nitrogens is 1. The molecule has 0 unspecified atom stereocenters. The lowest BCUT2D eigenvalue weighted by atomic mass is 10.2. The van der Waals surface area contributed by atoms with E-state index in [1.165, 1.54) is 26.1 Å². The van der Waals surface area contributed by atoms with Crippen LogP contribution >= 0.6 is 24.8 Å². The fraction of sp³-hybridized carbons (Fsp3) is 0.538. The summed E-state index contributed by atoms with van der Waals surface area (Å²) in [6.07, 6.45) is 5.50. The summed E-state index contributed by atoms with van der Waals surface area (Å²) in [4.78, 5) is 17.6. The molecule has 1 saturated heterocycles. The van der Waals surface area contributed by atoms with E-state index in [1.54, 1.807) is 12.3 Å². The van der Waals surface area contributed by atoms with E-state index in [2.05, 4.69) is 21.5 Å². The summed E-state index contributed by atoms with van der Waals surface area (Å²) in [7, 11) is 1.35. The molecular weight excluding hydrogens is 303 g/mol. The van der Waals surface area contributed by atoms with Crippen LogP contribution in [0.1, 0.15) is 30.1 Å². The number of pyridine rings is 1. The molecule has 20 heavy (non-hydrogen) atoms. The number of esters is 1. The number of rotatable bonds is 4. The highest BCUT2D eigenvalue weighted by Crippen LogP contribution is 2.18. The maximum Gasteiger partial charge on any atom is 0.339 e. The number of carbonyl (C=O) groups excluding carboxylic acids is 1. The minimum Gasteiger partial charge on any atom is -0.476 e. The van der Waals surface area contributed by atoms with Gasteiger partial charge in [-0.1, -0.05) is 0 Å². The van der Waals surface area contributed by atoms with Gasteiger partial charge in [-0.3, -0.25) is 9.88 Å². The molecule has 2 rings (SSSR count). The lowest BCUT2D eigenvalue weighted by Gasteiger charge is -2.20. The zero-order chi connectivity index (χ0) is 13.0. The molecule has 0 bridgehead atoms. The van der Waals surface area contributed by atoms with E-state index in [4.69, 9.17) is 4.74 Å². The first-order valence-corrected chi connectivity index (χ1v) is 6.11. The van der Waals surface area contributed by atoms with Crippen LogP contribution in [0.3, 0.4) is 0 Å². The molecule has 1 fully saturated rings. The third kappa shape index (κ3) is 4.81. The van der Waals surface area contributed by atoms with Gasteiger partial charge in [-0.05, 0) is 25.8 Å². The first-order valence-electron chi connectivity index (χ1n) is 6.11. The van der Waals surface area contributed by atoms with Gasteiger partial charge in [0.1, 0.15) is 12.5 Å². The summed E-state index contributed by atoms with van der Waals surface area (Å²) >= 11 is 0. The van der Waals surface area contributed by atoms with Gasteiger partial charge >= 0.3 is 5.97 Å². The number of hydrogen-bond donors (Lipinski definition) is 0. The molecule has 0 spiro atoms. The van der Waals surface area contributed by atoms with Crippen LogP contribution in [0.25, 0.3) is 0 Å². The molecule has 0 radical (unpaired) electrons. The quantitative estimate of drug-likeness (QED) is 0.797. The molecule has 1 aliphatic rings. The molecule has 7 heteroatoms. The topological polar surface area (TPSA) is 51.7 Å². The maximum atomic E-state index is 11.3. The van der Waals surface area contributed by atoms with Crippen molar-refractivity contribution in [2.45, 2.75) is 25.8 Å². The van der Waals surface area contributed by atoms with Crippen molar-refractivity contribution in [1.29, 1.82) is 0 Å². The predicted octanol–water partition coefficient (Wildman–Crippen LogP) is 2.53. The predicted molar refractivity (Wildman–Crippen MR) is 81.0 cm³/mol. The number of methoxy groups -OCH3 is 1. The van der Waals surface area contributed by atoms with Crippen molar-refractivity contribution in [2.24, 2.45) is 0 Å². The van der Waals surface area contributed by atoms with Crippen LogP contribution in [0.5, 0.6) is 5.75 Å². The Morgan fingerprint density at radius 3 is 2.80 bits per heavy atom. The van der Waals surface area contributed by atoms with Crippen LogP contribution in [-0.4, -0.2) is 42.3 Å². The molecule has 0 aromatic carbocycles. The fourth-order valence-electron chi connectivity index (χ4n) is 2.07. The third-order valence-electron chi connectivity index (χ3n) is 3.22. The van der Waals surface area contributed by atoms with Crippen LogP contribution < -0.4 is 4.74 Å². The van der Waals surface area contributed by atoms with Crippen molar-refractivity contribution in [3.63, 3.8) is 0 Å². The standard InChI is InChI=1S/C13H18N2O3.2ClH/c1-10-4-3-5-15(10)9-18-12-6-11(7-14-8-12)13(16)17-2;;/h6-8,10H,3-5,9H2,1-2H3;2*1H/t10-;;/m0../s1. The van der Waals surface area contributed by atoms with E-state index in [9.17, 15) is 4.79 Å². The van der Waals surface area contributed by atoms with Gasteiger partial charge in [0.2, 0.25) is 0 Å². The van der Waals surface area contributed by atoms with Crippen molar-refractivity contribution < 1.29 is 14.3 Å². The molecule has 1 aliphatic heterocycles. The number of nitrogens with zero attached hydrogens (tertiary/aromatic N) is 2. The first-order chi connectivity index (χ1) is 8.70. The molecule has 2 heterocycles. The average Bonchev–Trinajstić information content (AvgIpc) is 2.81. The normalized spacial score (nSPS) is 17.8. The van der Waals surface area contributed by atoms with Crippen molar-refractivity contribution in [2.75, 3.05) is 20.4 Å². The Hall–Kier alpha value is -1.04. The van der Waals surface area contributed by atoms with Gasteiger partial charge in [0.25, 0.3) is 0 Å². The van der Waals surface area contributed by atoms with Crippen LogP contribution in [0.15, 0.2) is 18.5 Å². The zero-order valence-electron chi connectivity index (χ0n) is 11.6. The van der Waals surface area contributed by atoms with Gasteiger partial charge in [0.05, 0.1) is 18.9 Å². The second-order valence-corrected chi connectivity index (χ2v) is 4.48. The van der Waals surface area contributed by atoms with E-state index in [-0.39, 0.29) is 24.8 Å². The van der Waals surface area contributed by atoms with Gasteiger partial charge in [0, 0.05) is 18.8 Å². The first kappa shape index (κ1) is 19.0. The van der Waals surface area contributed by atoms with E-state index in [0.29, 0.717) is 24.1 Å². The molecule has 0 amide bonds. The van der Waals surface area contributed by atoms with Crippen LogP contribution in [0.4, 0.5) is 0 Å². The van der Waals surface area contributed by atoms with E-state index in [1.807, 2.05) is 0 Å². The highest BCUT2D eigenvalue weighted by molar-refractivity contribution is 5.89. The Morgan fingerprint density at radius 2 is 2.20 bits per heavy atom. The van der Waals surface area contributed by atoms with Crippen LogP contribution in [0.2, 0.25) is 0 Å². The summed E-state index contributed by atoms with van der Waals surface area (Å²) in [5, 5.41) is 0. The third-order valence-corrected chi connectivity index (χ3v) is 3.22. The highest BCUT2D eigenvalue weighted by atomic mass is 35.5. The molecule has 0 aliphatic carbocycles. The smallest absolute Gasteiger partial charge is 0.339 e. The Kier molecular flexibility index (Phi) is 8.53. The summed E-state index contributed by atoms with van der Waals surface area (Å²) in [5.74, 6) is 0.194. The molecule has 1 atom stereocenters. The molecule has 0 N–H and O–H groups in total. The maximum absolute atomic E-state index is 11.3. The highest BCUT2D eigenvalue weighted by Gasteiger charge is 2.20. The van der Waals surface area contributed by atoms with Gasteiger partial charge in [-0.15, -0.1) is 24.8 Å². The van der Waals surface area contributed by atoms with Gasteiger partial charge in [0.15, 0.2) is 0 Å².